The molecule has 132 valence electrons. The van der Waals surface area contributed by atoms with Crippen molar-refractivity contribution in [3.8, 4) is 11.5 Å². The van der Waals surface area contributed by atoms with E-state index in [2.05, 4.69) is 5.32 Å². The van der Waals surface area contributed by atoms with E-state index in [-0.39, 0.29) is 11.9 Å². The van der Waals surface area contributed by atoms with Crippen LogP contribution in [0.5, 0.6) is 11.5 Å². The van der Waals surface area contributed by atoms with Crippen molar-refractivity contribution in [1.29, 1.82) is 0 Å². The molecular formula is C21H25NO3. The molecule has 0 bridgehead atoms. The molecule has 0 fully saturated rings. The normalized spacial score (nSPS) is 12.0. The van der Waals surface area contributed by atoms with E-state index in [0.717, 1.165) is 17.5 Å². The van der Waals surface area contributed by atoms with Crippen LogP contribution in [0.15, 0.2) is 48.5 Å². The minimum atomic E-state index is -0.123. The van der Waals surface area contributed by atoms with Gasteiger partial charge in [0.2, 0.25) is 5.91 Å². The Morgan fingerprint density at radius 3 is 2.36 bits per heavy atom. The van der Waals surface area contributed by atoms with E-state index in [4.69, 9.17) is 9.47 Å². The zero-order valence-corrected chi connectivity index (χ0v) is 15.2. The first-order valence-electron chi connectivity index (χ1n) is 8.34. The molecule has 0 heterocycles. The fourth-order valence-corrected chi connectivity index (χ4v) is 2.56. The molecule has 4 nitrogen and oxygen atoms in total. The molecule has 1 amide bonds. The van der Waals surface area contributed by atoms with E-state index >= 15 is 0 Å². The van der Waals surface area contributed by atoms with Gasteiger partial charge in [-0.3, -0.25) is 4.79 Å². The molecule has 0 radical (unpaired) electrons. The topological polar surface area (TPSA) is 47.6 Å². The molecule has 2 rings (SSSR count). The Morgan fingerprint density at radius 2 is 1.76 bits per heavy atom. The number of hydrogen-bond acceptors (Lipinski definition) is 3. The van der Waals surface area contributed by atoms with Crippen molar-refractivity contribution in [3.63, 3.8) is 0 Å². The Balaban J connectivity index is 2.08. The fourth-order valence-electron chi connectivity index (χ4n) is 2.56. The summed E-state index contributed by atoms with van der Waals surface area (Å²) in [6.45, 7) is 4.07. The standard InChI is InChI=1S/C21H25NO3/c1-5-18(17-11-12-19(24-3)20(14-17)25-4)22-21(23)13-10-16-8-6-15(2)7-9-16/h6-14,18H,5H2,1-4H3,(H,22,23)/b13-10+/t18-/m0/s1. The van der Waals surface area contributed by atoms with Crippen molar-refractivity contribution in [3.05, 3.63) is 65.2 Å². The summed E-state index contributed by atoms with van der Waals surface area (Å²) < 4.78 is 10.6. The summed E-state index contributed by atoms with van der Waals surface area (Å²) in [7, 11) is 3.21. The van der Waals surface area contributed by atoms with Gasteiger partial charge in [0.25, 0.3) is 0 Å². The van der Waals surface area contributed by atoms with Crippen LogP contribution in [0.4, 0.5) is 0 Å². The van der Waals surface area contributed by atoms with Crippen LogP contribution in [-0.2, 0) is 4.79 Å². The third kappa shape index (κ3) is 5.11. The Kier molecular flexibility index (Phi) is 6.63. The Morgan fingerprint density at radius 1 is 1.08 bits per heavy atom. The number of rotatable bonds is 7. The van der Waals surface area contributed by atoms with Crippen LogP contribution in [0.1, 0.15) is 36.1 Å². The van der Waals surface area contributed by atoms with Crippen molar-refractivity contribution < 1.29 is 14.3 Å². The second-order valence-electron chi connectivity index (χ2n) is 5.83. The van der Waals surface area contributed by atoms with Crippen LogP contribution in [-0.4, -0.2) is 20.1 Å². The number of aryl methyl sites for hydroxylation is 1. The molecule has 0 saturated heterocycles. The molecule has 25 heavy (non-hydrogen) atoms. The SMILES string of the molecule is CC[C@H](NC(=O)/C=C/c1ccc(C)cc1)c1ccc(OC)c(OC)c1. The first-order chi connectivity index (χ1) is 12.1. The van der Waals surface area contributed by atoms with Crippen molar-refractivity contribution in [2.75, 3.05) is 14.2 Å². The van der Waals surface area contributed by atoms with Gasteiger partial charge in [-0.25, -0.2) is 0 Å². The molecule has 4 heteroatoms. The lowest BCUT2D eigenvalue weighted by Gasteiger charge is -2.18. The van der Waals surface area contributed by atoms with Gasteiger partial charge in [0.15, 0.2) is 11.5 Å². The molecule has 0 aliphatic rings. The highest BCUT2D eigenvalue weighted by Gasteiger charge is 2.14. The maximum atomic E-state index is 12.2. The summed E-state index contributed by atoms with van der Waals surface area (Å²) in [5.74, 6) is 1.21. The summed E-state index contributed by atoms with van der Waals surface area (Å²) >= 11 is 0. The molecule has 0 aliphatic heterocycles. The number of amides is 1. The van der Waals surface area contributed by atoms with Gasteiger partial charge in [-0.15, -0.1) is 0 Å². The summed E-state index contributed by atoms with van der Waals surface area (Å²) in [5, 5.41) is 3.03. The van der Waals surface area contributed by atoms with Crippen molar-refractivity contribution in [2.24, 2.45) is 0 Å². The third-order valence-electron chi connectivity index (χ3n) is 4.04. The highest BCUT2D eigenvalue weighted by molar-refractivity contribution is 5.92. The van der Waals surface area contributed by atoms with Gasteiger partial charge in [0.05, 0.1) is 20.3 Å². The van der Waals surface area contributed by atoms with Crippen molar-refractivity contribution in [2.45, 2.75) is 26.3 Å². The predicted octanol–water partition coefficient (Wildman–Crippen LogP) is 4.29. The van der Waals surface area contributed by atoms with Crippen LogP contribution >= 0.6 is 0 Å². The van der Waals surface area contributed by atoms with E-state index in [0.29, 0.717) is 11.5 Å². The average molecular weight is 339 g/mol. The van der Waals surface area contributed by atoms with E-state index in [1.807, 2.05) is 62.4 Å². The Labute approximate surface area is 149 Å². The molecule has 0 aromatic heterocycles. The van der Waals surface area contributed by atoms with Crippen LogP contribution in [0.25, 0.3) is 6.08 Å². The number of benzene rings is 2. The third-order valence-corrected chi connectivity index (χ3v) is 4.04. The van der Waals surface area contributed by atoms with Crippen LogP contribution < -0.4 is 14.8 Å². The number of methoxy groups -OCH3 is 2. The summed E-state index contributed by atoms with van der Waals surface area (Å²) in [6, 6.07) is 13.6. The maximum absolute atomic E-state index is 12.2. The highest BCUT2D eigenvalue weighted by Crippen LogP contribution is 2.30. The largest absolute Gasteiger partial charge is 0.493 e. The van der Waals surface area contributed by atoms with Crippen molar-refractivity contribution in [1.82, 2.24) is 5.32 Å². The van der Waals surface area contributed by atoms with Gasteiger partial charge in [0, 0.05) is 6.08 Å². The number of carbonyl (C=O) groups is 1. The van der Waals surface area contributed by atoms with Gasteiger partial charge < -0.3 is 14.8 Å². The Bertz CT molecular complexity index is 735. The van der Waals surface area contributed by atoms with Gasteiger partial charge in [-0.05, 0) is 42.7 Å². The first-order valence-corrected chi connectivity index (χ1v) is 8.34. The molecule has 2 aromatic rings. The Hall–Kier alpha value is -2.75. The molecule has 0 aliphatic carbocycles. The van der Waals surface area contributed by atoms with Gasteiger partial charge in [0.1, 0.15) is 0 Å². The van der Waals surface area contributed by atoms with Gasteiger partial charge in [-0.2, -0.15) is 0 Å². The predicted molar refractivity (Wildman–Crippen MR) is 101 cm³/mol. The fraction of sp³-hybridized carbons (Fsp3) is 0.286. The van der Waals surface area contributed by atoms with Gasteiger partial charge >= 0.3 is 0 Å². The molecular weight excluding hydrogens is 314 g/mol. The first kappa shape index (κ1) is 18.6. The lowest BCUT2D eigenvalue weighted by molar-refractivity contribution is -0.117. The van der Waals surface area contributed by atoms with E-state index in [1.165, 1.54) is 5.56 Å². The molecule has 1 N–H and O–H groups in total. The zero-order valence-electron chi connectivity index (χ0n) is 15.2. The molecule has 1 atom stereocenters. The molecule has 0 saturated carbocycles. The monoisotopic (exact) mass is 339 g/mol. The van der Waals surface area contributed by atoms with Crippen LogP contribution in [0, 0.1) is 6.92 Å². The number of hydrogen-bond donors (Lipinski definition) is 1. The smallest absolute Gasteiger partial charge is 0.244 e. The minimum Gasteiger partial charge on any atom is -0.493 e. The average Bonchev–Trinajstić information content (AvgIpc) is 2.65. The number of carbonyl (C=O) groups excluding carboxylic acids is 1. The van der Waals surface area contributed by atoms with Gasteiger partial charge in [-0.1, -0.05) is 42.8 Å². The summed E-state index contributed by atoms with van der Waals surface area (Å²) in [6.07, 6.45) is 4.16. The maximum Gasteiger partial charge on any atom is 0.244 e. The molecule has 0 spiro atoms. The van der Waals surface area contributed by atoms with Crippen LogP contribution in [0.3, 0.4) is 0 Å². The lowest BCUT2D eigenvalue weighted by atomic mass is 10.0. The van der Waals surface area contributed by atoms with E-state index in [9.17, 15) is 4.79 Å². The van der Waals surface area contributed by atoms with E-state index < -0.39 is 0 Å². The second-order valence-corrected chi connectivity index (χ2v) is 5.83. The van der Waals surface area contributed by atoms with Crippen LogP contribution in [0.2, 0.25) is 0 Å². The minimum absolute atomic E-state index is 0.0880. The number of nitrogens with one attached hydrogen (secondary N) is 1. The summed E-state index contributed by atoms with van der Waals surface area (Å²) in [4.78, 5) is 12.2. The summed E-state index contributed by atoms with van der Waals surface area (Å²) in [5.41, 5.74) is 3.18. The molecule has 2 aromatic carbocycles. The lowest BCUT2D eigenvalue weighted by Crippen LogP contribution is -2.26. The quantitative estimate of drug-likeness (QED) is 0.765. The van der Waals surface area contributed by atoms with Crippen molar-refractivity contribution >= 4 is 12.0 Å². The zero-order chi connectivity index (χ0) is 18.2. The highest BCUT2D eigenvalue weighted by atomic mass is 16.5. The van der Waals surface area contributed by atoms with E-state index in [1.54, 1.807) is 20.3 Å². The number of ether oxygens (including phenoxy) is 2. The molecule has 0 unspecified atom stereocenters. The second kappa shape index (κ2) is 8.92.